The maximum absolute atomic E-state index is 11.5. The second-order valence-corrected chi connectivity index (χ2v) is 3.98. The molecular formula is C11H21NO3. The zero-order valence-corrected chi connectivity index (χ0v) is 9.45. The molecule has 4 heteroatoms. The van der Waals surface area contributed by atoms with Crippen LogP contribution in [0.4, 0.5) is 0 Å². The Kier molecular flexibility index (Phi) is 5.83. The largest absolute Gasteiger partial charge is 0.395 e. The van der Waals surface area contributed by atoms with Gasteiger partial charge in [-0.05, 0) is 6.42 Å². The van der Waals surface area contributed by atoms with Crippen molar-refractivity contribution in [2.24, 2.45) is 0 Å². The Bertz CT molecular complexity index is 190. The fourth-order valence-corrected chi connectivity index (χ4v) is 1.90. The zero-order valence-electron chi connectivity index (χ0n) is 9.45. The number of ether oxygens (including phenoxy) is 1. The monoisotopic (exact) mass is 215 g/mol. The van der Waals surface area contributed by atoms with Crippen molar-refractivity contribution >= 4 is 5.78 Å². The molecule has 1 aliphatic heterocycles. The Morgan fingerprint density at radius 3 is 2.67 bits per heavy atom. The molecule has 0 aromatic heterocycles. The van der Waals surface area contributed by atoms with Crippen LogP contribution in [0.5, 0.6) is 0 Å². The van der Waals surface area contributed by atoms with Crippen molar-refractivity contribution in [2.75, 3.05) is 32.9 Å². The quantitative estimate of drug-likeness (QED) is 0.698. The lowest BCUT2D eigenvalue weighted by molar-refractivity contribution is -0.121. The number of nitrogens with zero attached hydrogens (tertiary/aromatic N) is 1. The third-order valence-electron chi connectivity index (χ3n) is 2.76. The van der Waals surface area contributed by atoms with Gasteiger partial charge in [0.15, 0.2) is 0 Å². The lowest BCUT2D eigenvalue weighted by atomic mass is 10.1. The summed E-state index contributed by atoms with van der Waals surface area (Å²) in [6, 6.07) is -0.00653. The van der Waals surface area contributed by atoms with Gasteiger partial charge in [-0.3, -0.25) is 9.69 Å². The number of carbonyl (C=O) groups is 1. The molecule has 0 aromatic rings. The van der Waals surface area contributed by atoms with Crippen molar-refractivity contribution in [1.29, 1.82) is 0 Å². The Balaban J connectivity index is 2.36. The Morgan fingerprint density at radius 2 is 2.13 bits per heavy atom. The van der Waals surface area contributed by atoms with Crippen molar-refractivity contribution in [3.05, 3.63) is 0 Å². The number of aliphatic hydroxyl groups excluding tert-OH is 1. The third kappa shape index (κ3) is 4.28. The van der Waals surface area contributed by atoms with Gasteiger partial charge in [0.2, 0.25) is 0 Å². The van der Waals surface area contributed by atoms with Crippen LogP contribution in [0.25, 0.3) is 0 Å². The van der Waals surface area contributed by atoms with Crippen molar-refractivity contribution in [1.82, 2.24) is 4.90 Å². The highest BCUT2D eigenvalue weighted by molar-refractivity contribution is 5.78. The highest BCUT2D eigenvalue weighted by atomic mass is 16.5. The predicted molar refractivity (Wildman–Crippen MR) is 57.8 cm³/mol. The molecule has 1 unspecified atom stereocenters. The van der Waals surface area contributed by atoms with Crippen molar-refractivity contribution in [2.45, 2.75) is 32.2 Å². The van der Waals surface area contributed by atoms with E-state index in [1.807, 2.05) is 6.92 Å². The number of hydrogen-bond donors (Lipinski definition) is 1. The number of Topliss-reactive ketones (excluding diaryl/α,β-unsaturated/α-hetero) is 1. The van der Waals surface area contributed by atoms with E-state index in [1.165, 1.54) is 0 Å². The lowest BCUT2D eigenvalue weighted by Crippen LogP contribution is -2.46. The molecule has 1 saturated heterocycles. The molecule has 0 aromatic carbocycles. The van der Waals surface area contributed by atoms with Crippen LogP contribution in [0.15, 0.2) is 0 Å². The first kappa shape index (κ1) is 12.6. The molecule has 0 bridgehead atoms. The van der Waals surface area contributed by atoms with E-state index in [1.54, 1.807) is 0 Å². The maximum Gasteiger partial charge on any atom is 0.134 e. The van der Waals surface area contributed by atoms with Gasteiger partial charge in [-0.15, -0.1) is 0 Å². The topological polar surface area (TPSA) is 49.8 Å². The average molecular weight is 215 g/mol. The first-order valence-corrected chi connectivity index (χ1v) is 5.72. The molecule has 0 aliphatic carbocycles. The van der Waals surface area contributed by atoms with Gasteiger partial charge in [-0.25, -0.2) is 0 Å². The second kappa shape index (κ2) is 6.93. The fraction of sp³-hybridized carbons (Fsp3) is 0.909. The Morgan fingerprint density at radius 1 is 1.47 bits per heavy atom. The van der Waals surface area contributed by atoms with Gasteiger partial charge in [0.25, 0.3) is 0 Å². The van der Waals surface area contributed by atoms with Crippen LogP contribution in [0, 0.1) is 0 Å². The molecule has 15 heavy (non-hydrogen) atoms. The summed E-state index contributed by atoms with van der Waals surface area (Å²) in [6.07, 6.45) is 1.99. The number of hydrogen-bond acceptors (Lipinski definition) is 4. The van der Waals surface area contributed by atoms with E-state index in [4.69, 9.17) is 4.74 Å². The van der Waals surface area contributed by atoms with E-state index < -0.39 is 0 Å². The second-order valence-electron chi connectivity index (χ2n) is 3.98. The summed E-state index contributed by atoms with van der Waals surface area (Å²) in [5.74, 6) is 0.253. The van der Waals surface area contributed by atoms with Crippen LogP contribution in [0.3, 0.4) is 0 Å². The summed E-state index contributed by atoms with van der Waals surface area (Å²) < 4.78 is 5.24. The highest BCUT2D eigenvalue weighted by Crippen LogP contribution is 2.09. The first-order chi connectivity index (χ1) is 7.27. The molecule has 1 fully saturated rings. The first-order valence-electron chi connectivity index (χ1n) is 5.72. The van der Waals surface area contributed by atoms with E-state index in [0.717, 1.165) is 19.5 Å². The Labute approximate surface area is 91.2 Å². The summed E-state index contributed by atoms with van der Waals surface area (Å²) in [7, 11) is 0. The summed E-state index contributed by atoms with van der Waals surface area (Å²) in [5, 5.41) is 9.26. The van der Waals surface area contributed by atoms with Crippen LogP contribution < -0.4 is 0 Å². The predicted octanol–water partition coefficient (Wildman–Crippen LogP) is 0.439. The molecule has 0 amide bonds. The smallest absolute Gasteiger partial charge is 0.134 e. The molecule has 4 nitrogen and oxygen atoms in total. The minimum atomic E-state index is -0.00653. The molecule has 0 spiro atoms. The van der Waals surface area contributed by atoms with Gasteiger partial charge in [0, 0.05) is 32.0 Å². The van der Waals surface area contributed by atoms with Gasteiger partial charge in [0.1, 0.15) is 5.78 Å². The molecule has 1 atom stereocenters. The van der Waals surface area contributed by atoms with E-state index in [2.05, 4.69) is 4.90 Å². The van der Waals surface area contributed by atoms with Crippen LogP contribution >= 0.6 is 0 Å². The minimum Gasteiger partial charge on any atom is -0.395 e. The average Bonchev–Trinajstić information content (AvgIpc) is 2.27. The molecule has 1 rings (SSSR count). The van der Waals surface area contributed by atoms with E-state index >= 15 is 0 Å². The van der Waals surface area contributed by atoms with Gasteiger partial charge >= 0.3 is 0 Å². The number of morpholine rings is 1. The Hall–Kier alpha value is -0.450. The lowest BCUT2D eigenvalue weighted by Gasteiger charge is -2.33. The van der Waals surface area contributed by atoms with Gasteiger partial charge < -0.3 is 9.84 Å². The molecule has 1 N–H and O–H groups in total. The van der Waals surface area contributed by atoms with E-state index in [9.17, 15) is 9.90 Å². The summed E-state index contributed by atoms with van der Waals surface area (Å²) in [6.45, 7) is 5.13. The van der Waals surface area contributed by atoms with Crippen LogP contribution in [-0.4, -0.2) is 54.7 Å². The summed E-state index contributed by atoms with van der Waals surface area (Å²) in [4.78, 5) is 13.6. The fourth-order valence-electron chi connectivity index (χ4n) is 1.90. The minimum absolute atomic E-state index is 0.00653. The number of rotatable bonds is 6. The van der Waals surface area contributed by atoms with Crippen LogP contribution in [-0.2, 0) is 9.53 Å². The number of aliphatic hydroxyl groups is 1. The van der Waals surface area contributed by atoms with Crippen molar-refractivity contribution < 1.29 is 14.6 Å². The van der Waals surface area contributed by atoms with Crippen molar-refractivity contribution in [3.63, 3.8) is 0 Å². The maximum atomic E-state index is 11.5. The van der Waals surface area contributed by atoms with E-state index in [-0.39, 0.29) is 18.4 Å². The van der Waals surface area contributed by atoms with Gasteiger partial charge in [0.05, 0.1) is 19.8 Å². The molecular weight excluding hydrogens is 194 g/mol. The third-order valence-corrected chi connectivity index (χ3v) is 2.76. The standard InChI is InChI=1S/C11H21NO3/c1-2-3-11(14)8-10(9-13)12-4-6-15-7-5-12/h10,13H,2-9H2,1H3. The van der Waals surface area contributed by atoms with Crippen LogP contribution in [0.1, 0.15) is 26.2 Å². The highest BCUT2D eigenvalue weighted by Gasteiger charge is 2.22. The van der Waals surface area contributed by atoms with Gasteiger partial charge in [-0.2, -0.15) is 0 Å². The van der Waals surface area contributed by atoms with Crippen molar-refractivity contribution in [3.8, 4) is 0 Å². The molecule has 1 aliphatic rings. The van der Waals surface area contributed by atoms with Crippen LogP contribution in [0.2, 0.25) is 0 Å². The van der Waals surface area contributed by atoms with E-state index in [0.29, 0.717) is 26.1 Å². The summed E-state index contributed by atoms with van der Waals surface area (Å²) in [5.41, 5.74) is 0. The molecule has 0 saturated carbocycles. The SMILES string of the molecule is CCCC(=O)CC(CO)N1CCOCC1. The van der Waals surface area contributed by atoms with Gasteiger partial charge in [-0.1, -0.05) is 6.92 Å². The number of carbonyl (C=O) groups excluding carboxylic acids is 1. The zero-order chi connectivity index (χ0) is 11.1. The normalized spacial score (nSPS) is 20.1. The molecule has 0 radical (unpaired) electrons. The number of ketones is 1. The summed E-state index contributed by atoms with van der Waals surface area (Å²) >= 11 is 0. The molecule has 1 heterocycles. The molecule has 88 valence electrons.